The van der Waals surface area contributed by atoms with Crippen LogP contribution in [-0.2, 0) is 16.1 Å². The average molecular weight is 225 g/mol. The molecule has 1 aromatic rings. The van der Waals surface area contributed by atoms with Gasteiger partial charge in [0.05, 0.1) is 12.1 Å². The zero-order valence-electron chi connectivity index (χ0n) is 10.1. The first-order valence-electron chi connectivity index (χ1n) is 5.35. The fraction of sp³-hybridized carbons (Fsp3) is 0.636. The number of ether oxygens (including phenoxy) is 1. The molecule has 1 aromatic heterocycles. The zero-order chi connectivity index (χ0) is 12.0. The zero-order valence-corrected chi connectivity index (χ0v) is 10.1. The van der Waals surface area contributed by atoms with Crippen molar-refractivity contribution in [3.05, 3.63) is 18.5 Å². The van der Waals surface area contributed by atoms with E-state index in [4.69, 9.17) is 4.74 Å². The third-order valence-corrected chi connectivity index (χ3v) is 1.86. The van der Waals surface area contributed by atoms with Crippen LogP contribution >= 0.6 is 0 Å². The van der Waals surface area contributed by atoms with E-state index in [0.29, 0.717) is 13.1 Å². The Morgan fingerprint density at radius 3 is 2.81 bits per heavy atom. The molecule has 0 unspecified atom stereocenters. The van der Waals surface area contributed by atoms with Crippen LogP contribution < -0.4 is 5.32 Å². The van der Waals surface area contributed by atoms with E-state index >= 15 is 0 Å². The van der Waals surface area contributed by atoms with Gasteiger partial charge in [-0.1, -0.05) is 0 Å². The van der Waals surface area contributed by atoms with E-state index in [9.17, 15) is 4.79 Å². The van der Waals surface area contributed by atoms with Crippen molar-refractivity contribution in [1.29, 1.82) is 0 Å². The summed E-state index contributed by atoms with van der Waals surface area (Å²) in [6.45, 7) is 7.10. The van der Waals surface area contributed by atoms with E-state index in [1.54, 1.807) is 10.9 Å². The molecule has 1 heterocycles. The van der Waals surface area contributed by atoms with Gasteiger partial charge in [0.25, 0.3) is 0 Å². The third kappa shape index (κ3) is 5.50. The van der Waals surface area contributed by atoms with Gasteiger partial charge >= 0.3 is 0 Å². The summed E-state index contributed by atoms with van der Waals surface area (Å²) in [6, 6.07) is 1.85. The van der Waals surface area contributed by atoms with Crippen LogP contribution in [0.5, 0.6) is 0 Å². The minimum Gasteiger partial charge on any atom is -0.366 e. The maximum atomic E-state index is 11.4. The minimum atomic E-state index is -0.278. The van der Waals surface area contributed by atoms with Crippen LogP contribution in [0, 0.1) is 0 Å². The quantitative estimate of drug-likeness (QED) is 0.807. The number of nitrogens with zero attached hydrogens (tertiary/aromatic N) is 2. The normalized spacial score (nSPS) is 11.4. The number of hydrogen-bond acceptors (Lipinski definition) is 3. The van der Waals surface area contributed by atoms with Crippen LogP contribution in [0.1, 0.15) is 20.8 Å². The van der Waals surface area contributed by atoms with E-state index in [2.05, 4.69) is 10.4 Å². The molecule has 0 saturated carbocycles. The first-order chi connectivity index (χ1) is 7.47. The molecule has 0 bridgehead atoms. The summed E-state index contributed by atoms with van der Waals surface area (Å²) in [4.78, 5) is 11.4. The van der Waals surface area contributed by atoms with Gasteiger partial charge in [0, 0.05) is 18.9 Å². The second-order valence-electron chi connectivity index (χ2n) is 4.52. The maximum absolute atomic E-state index is 11.4. The molecule has 0 atom stereocenters. The molecule has 0 aliphatic carbocycles. The van der Waals surface area contributed by atoms with Crippen LogP contribution in [0.4, 0.5) is 0 Å². The fourth-order valence-corrected chi connectivity index (χ4v) is 1.08. The van der Waals surface area contributed by atoms with Crippen molar-refractivity contribution in [2.75, 3.05) is 13.2 Å². The molecule has 1 rings (SSSR count). The Bertz CT molecular complexity index is 314. The summed E-state index contributed by atoms with van der Waals surface area (Å²) in [5.41, 5.74) is -0.278. The smallest absolute Gasteiger partial charge is 0.246 e. The van der Waals surface area contributed by atoms with Gasteiger partial charge in [0.2, 0.25) is 5.91 Å². The molecular formula is C11H19N3O2. The van der Waals surface area contributed by atoms with Crippen LogP contribution in [-0.4, -0.2) is 34.4 Å². The Kier molecular flexibility index (Phi) is 4.49. The van der Waals surface area contributed by atoms with Crippen molar-refractivity contribution < 1.29 is 9.53 Å². The Hall–Kier alpha value is -1.36. The predicted octanol–water partition coefficient (Wildman–Crippen LogP) is 0.814. The summed E-state index contributed by atoms with van der Waals surface area (Å²) >= 11 is 0. The molecule has 5 nitrogen and oxygen atoms in total. The predicted molar refractivity (Wildman–Crippen MR) is 60.9 cm³/mol. The van der Waals surface area contributed by atoms with Crippen molar-refractivity contribution >= 4 is 5.91 Å². The SMILES string of the molecule is CC(C)(C)OCC(=O)NCCn1cccn1. The molecule has 1 N–H and O–H groups in total. The van der Waals surface area contributed by atoms with Gasteiger partial charge in [0.1, 0.15) is 6.61 Å². The Labute approximate surface area is 95.8 Å². The van der Waals surface area contributed by atoms with Crippen LogP contribution in [0.15, 0.2) is 18.5 Å². The monoisotopic (exact) mass is 225 g/mol. The minimum absolute atomic E-state index is 0.0953. The average Bonchev–Trinajstić information content (AvgIpc) is 2.66. The van der Waals surface area contributed by atoms with Crippen LogP contribution in [0.2, 0.25) is 0 Å². The Morgan fingerprint density at radius 1 is 1.50 bits per heavy atom. The van der Waals surface area contributed by atoms with E-state index in [1.807, 2.05) is 33.0 Å². The second kappa shape index (κ2) is 5.65. The lowest BCUT2D eigenvalue weighted by Gasteiger charge is -2.18. The first-order valence-corrected chi connectivity index (χ1v) is 5.35. The molecule has 0 saturated heterocycles. The standard InChI is InChI=1S/C11H19N3O2/c1-11(2,3)16-9-10(15)12-6-8-14-7-4-5-13-14/h4-5,7H,6,8-9H2,1-3H3,(H,12,15). The topological polar surface area (TPSA) is 56.1 Å². The number of rotatable bonds is 5. The van der Waals surface area contributed by atoms with Crippen LogP contribution in [0.3, 0.4) is 0 Å². The number of nitrogens with one attached hydrogen (secondary N) is 1. The first kappa shape index (κ1) is 12.7. The number of hydrogen-bond donors (Lipinski definition) is 1. The molecule has 5 heteroatoms. The summed E-state index contributed by atoms with van der Waals surface area (Å²) in [5, 5.41) is 6.80. The molecule has 0 fully saturated rings. The summed E-state index contributed by atoms with van der Waals surface area (Å²) < 4.78 is 7.11. The lowest BCUT2D eigenvalue weighted by Crippen LogP contribution is -2.33. The molecule has 0 radical (unpaired) electrons. The highest BCUT2D eigenvalue weighted by atomic mass is 16.5. The highest BCUT2D eigenvalue weighted by Gasteiger charge is 2.12. The molecule has 1 amide bonds. The number of aromatic nitrogens is 2. The molecule has 0 aromatic carbocycles. The van der Waals surface area contributed by atoms with Gasteiger partial charge in [-0.25, -0.2) is 0 Å². The third-order valence-electron chi connectivity index (χ3n) is 1.86. The molecule has 16 heavy (non-hydrogen) atoms. The summed E-state index contributed by atoms with van der Waals surface area (Å²) in [6.07, 6.45) is 3.57. The Balaban J connectivity index is 2.11. The summed E-state index contributed by atoms with van der Waals surface area (Å²) in [7, 11) is 0. The van der Waals surface area contributed by atoms with Gasteiger partial charge in [-0.05, 0) is 26.8 Å². The van der Waals surface area contributed by atoms with Crippen molar-refractivity contribution in [1.82, 2.24) is 15.1 Å². The maximum Gasteiger partial charge on any atom is 0.246 e. The Morgan fingerprint density at radius 2 is 2.25 bits per heavy atom. The van der Waals surface area contributed by atoms with Crippen LogP contribution in [0.25, 0.3) is 0 Å². The van der Waals surface area contributed by atoms with Crippen molar-refractivity contribution in [2.24, 2.45) is 0 Å². The van der Waals surface area contributed by atoms with Gasteiger partial charge in [-0.15, -0.1) is 0 Å². The molecule has 0 aliphatic heterocycles. The van der Waals surface area contributed by atoms with Gasteiger partial charge < -0.3 is 10.1 Å². The number of carbonyl (C=O) groups is 1. The van der Waals surface area contributed by atoms with Crippen molar-refractivity contribution in [3.8, 4) is 0 Å². The number of carbonyl (C=O) groups excluding carboxylic acids is 1. The number of amides is 1. The van der Waals surface area contributed by atoms with Gasteiger partial charge in [-0.3, -0.25) is 9.48 Å². The molecule has 90 valence electrons. The van der Waals surface area contributed by atoms with E-state index in [-0.39, 0.29) is 18.1 Å². The van der Waals surface area contributed by atoms with Gasteiger partial charge in [-0.2, -0.15) is 5.10 Å². The molecular weight excluding hydrogens is 206 g/mol. The van der Waals surface area contributed by atoms with E-state index < -0.39 is 0 Å². The lowest BCUT2D eigenvalue weighted by molar-refractivity contribution is -0.130. The fourth-order valence-electron chi connectivity index (χ4n) is 1.08. The van der Waals surface area contributed by atoms with Crippen molar-refractivity contribution in [2.45, 2.75) is 32.9 Å². The van der Waals surface area contributed by atoms with E-state index in [0.717, 1.165) is 0 Å². The highest BCUT2D eigenvalue weighted by molar-refractivity contribution is 5.77. The largest absolute Gasteiger partial charge is 0.366 e. The van der Waals surface area contributed by atoms with Crippen molar-refractivity contribution in [3.63, 3.8) is 0 Å². The highest BCUT2D eigenvalue weighted by Crippen LogP contribution is 2.05. The summed E-state index contributed by atoms with van der Waals surface area (Å²) in [5.74, 6) is -0.0953. The van der Waals surface area contributed by atoms with E-state index in [1.165, 1.54) is 0 Å². The molecule has 0 aliphatic rings. The molecule has 0 spiro atoms. The van der Waals surface area contributed by atoms with Gasteiger partial charge in [0.15, 0.2) is 0 Å². The lowest BCUT2D eigenvalue weighted by atomic mass is 10.2. The second-order valence-corrected chi connectivity index (χ2v) is 4.52.